The first kappa shape index (κ1) is 14.9. The molecule has 3 nitrogen and oxygen atoms in total. The van der Waals surface area contributed by atoms with E-state index in [9.17, 15) is 0 Å². The van der Waals surface area contributed by atoms with Crippen molar-refractivity contribution in [1.82, 2.24) is 10.2 Å². The Bertz CT molecular complexity index is 170. The molecule has 1 atom stereocenters. The van der Waals surface area contributed by atoms with Crippen LogP contribution < -0.4 is 5.32 Å². The Balaban J connectivity index is 1.97. The van der Waals surface area contributed by atoms with Gasteiger partial charge in [-0.05, 0) is 32.2 Å². The summed E-state index contributed by atoms with van der Waals surface area (Å²) in [5.41, 5.74) is 0. The average Bonchev–Trinajstić information content (AvgIpc) is 2.39. The van der Waals surface area contributed by atoms with Gasteiger partial charge in [-0.3, -0.25) is 0 Å². The fraction of sp³-hybridized carbons (Fsp3) is 1.00. The molecule has 0 saturated carbocycles. The van der Waals surface area contributed by atoms with E-state index in [0.717, 1.165) is 13.1 Å². The number of unbranched alkanes of at least 4 members (excludes halogenated alkanes) is 2. The molecule has 0 unspecified atom stereocenters. The van der Waals surface area contributed by atoms with Crippen LogP contribution in [0.2, 0.25) is 0 Å². The van der Waals surface area contributed by atoms with Crippen molar-refractivity contribution in [2.75, 3.05) is 39.8 Å². The first-order valence-electron chi connectivity index (χ1n) is 7.32. The first-order valence-corrected chi connectivity index (χ1v) is 7.32. The zero-order chi connectivity index (χ0) is 12.3. The third-order valence-corrected chi connectivity index (χ3v) is 3.67. The lowest BCUT2D eigenvalue weighted by Crippen LogP contribution is -2.43. The highest BCUT2D eigenvalue weighted by atomic mass is 16.5. The van der Waals surface area contributed by atoms with Crippen molar-refractivity contribution >= 4 is 0 Å². The average molecular weight is 242 g/mol. The maximum Gasteiger partial charge on any atom is 0.0571 e. The zero-order valence-corrected chi connectivity index (χ0v) is 11.7. The molecule has 1 aliphatic heterocycles. The second-order valence-corrected chi connectivity index (χ2v) is 5.09. The van der Waals surface area contributed by atoms with Crippen molar-refractivity contribution in [1.29, 1.82) is 0 Å². The maximum atomic E-state index is 5.52. The molecule has 0 aliphatic carbocycles. The summed E-state index contributed by atoms with van der Waals surface area (Å²) in [4.78, 5) is 2.57. The molecule has 1 saturated heterocycles. The second-order valence-electron chi connectivity index (χ2n) is 5.09. The number of hydrogen-bond donors (Lipinski definition) is 1. The van der Waals surface area contributed by atoms with Crippen molar-refractivity contribution in [3.05, 3.63) is 0 Å². The molecule has 17 heavy (non-hydrogen) atoms. The van der Waals surface area contributed by atoms with Crippen LogP contribution in [0.3, 0.4) is 0 Å². The molecule has 0 spiro atoms. The van der Waals surface area contributed by atoms with Crippen LogP contribution in [0.25, 0.3) is 0 Å². The van der Waals surface area contributed by atoms with Gasteiger partial charge in [0.25, 0.3) is 0 Å². The van der Waals surface area contributed by atoms with Crippen LogP contribution in [0, 0.1) is 0 Å². The van der Waals surface area contributed by atoms with Crippen molar-refractivity contribution in [3.8, 4) is 0 Å². The van der Waals surface area contributed by atoms with Gasteiger partial charge in [-0.1, -0.05) is 19.8 Å². The number of nitrogens with one attached hydrogen (secondary N) is 1. The fourth-order valence-electron chi connectivity index (χ4n) is 2.45. The van der Waals surface area contributed by atoms with Gasteiger partial charge < -0.3 is 15.0 Å². The second kappa shape index (κ2) is 9.86. The first-order chi connectivity index (χ1) is 8.36. The Kier molecular flexibility index (Phi) is 8.67. The molecule has 3 heteroatoms. The topological polar surface area (TPSA) is 24.5 Å². The standard InChI is InChI=1S/C14H30N2O/c1-3-4-7-14(17-2)8-5-6-11-16-12-9-15-10-13-16/h14-15H,3-13H2,1-2H3/t14-/m1/s1. The Hall–Kier alpha value is -0.120. The smallest absolute Gasteiger partial charge is 0.0571 e. The molecule has 0 aromatic heterocycles. The SMILES string of the molecule is CCCC[C@H](CCCCN1CCNCC1)OC. The largest absolute Gasteiger partial charge is 0.381 e. The van der Waals surface area contributed by atoms with Gasteiger partial charge in [0.15, 0.2) is 0 Å². The van der Waals surface area contributed by atoms with Gasteiger partial charge >= 0.3 is 0 Å². The van der Waals surface area contributed by atoms with E-state index in [1.54, 1.807) is 0 Å². The van der Waals surface area contributed by atoms with Crippen molar-refractivity contribution in [2.24, 2.45) is 0 Å². The highest BCUT2D eigenvalue weighted by Crippen LogP contribution is 2.12. The van der Waals surface area contributed by atoms with Gasteiger partial charge in [-0.2, -0.15) is 0 Å². The van der Waals surface area contributed by atoms with E-state index in [1.807, 2.05) is 7.11 Å². The number of ether oxygens (including phenoxy) is 1. The number of hydrogen-bond acceptors (Lipinski definition) is 3. The van der Waals surface area contributed by atoms with Crippen molar-refractivity contribution < 1.29 is 4.74 Å². The summed E-state index contributed by atoms with van der Waals surface area (Å²) in [6.45, 7) is 8.30. The molecule has 1 N–H and O–H groups in total. The third-order valence-electron chi connectivity index (χ3n) is 3.67. The predicted molar refractivity (Wildman–Crippen MR) is 73.5 cm³/mol. The van der Waals surface area contributed by atoms with Crippen LogP contribution >= 0.6 is 0 Å². The van der Waals surface area contributed by atoms with E-state index < -0.39 is 0 Å². The van der Waals surface area contributed by atoms with Crippen LogP contribution in [0.5, 0.6) is 0 Å². The minimum Gasteiger partial charge on any atom is -0.381 e. The van der Waals surface area contributed by atoms with E-state index in [-0.39, 0.29) is 0 Å². The molecule has 102 valence electrons. The van der Waals surface area contributed by atoms with Crippen LogP contribution in [0.15, 0.2) is 0 Å². The van der Waals surface area contributed by atoms with Gasteiger partial charge in [0, 0.05) is 33.3 Å². The number of piperazine rings is 1. The van der Waals surface area contributed by atoms with Gasteiger partial charge in [-0.25, -0.2) is 0 Å². The summed E-state index contributed by atoms with van der Waals surface area (Å²) in [6, 6.07) is 0. The predicted octanol–water partition coefficient (Wildman–Crippen LogP) is 2.27. The molecule has 1 heterocycles. The molecule has 0 aromatic rings. The lowest BCUT2D eigenvalue weighted by molar-refractivity contribution is 0.0827. The van der Waals surface area contributed by atoms with E-state index >= 15 is 0 Å². The monoisotopic (exact) mass is 242 g/mol. The highest BCUT2D eigenvalue weighted by molar-refractivity contribution is 4.67. The van der Waals surface area contributed by atoms with Gasteiger partial charge in [-0.15, -0.1) is 0 Å². The summed E-state index contributed by atoms with van der Waals surface area (Å²) >= 11 is 0. The summed E-state index contributed by atoms with van der Waals surface area (Å²) in [5.74, 6) is 0. The fourth-order valence-corrected chi connectivity index (χ4v) is 2.45. The Morgan fingerprint density at radius 2 is 1.82 bits per heavy atom. The van der Waals surface area contributed by atoms with Crippen LogP contribution in [-0.4, -0.2) is 50.8 Å². The molecule has 1 fully saturated rings. The number of methoxy groups -OCH3 is 1. The summed E-state index contributed by atoms with van der Waals surface area (Å²) < 4.78 is 5.52. The quantitative estimate of drug-likeness (QED) is 0.628. The van der Waals surface area contributed by atoms with Gasteiger partial charge in [0.05, 0.1) is 6.10 Å². The molecular formula is C14H30N2O. The summed E-state index contributed by atoms with van der Waals surface area (Å²) in [5, 5.41) is 3.39. The zero-order valence-electron chi connectivity index (χ0n) is 11.7. The van der Waals surface area contributed by atoms with Crippen LogP contribution in [0.4, 0.5) is 0 Å². The molecule has 0 bridgehead atoms. The molecule has 1 aliphatic rings. The van der Waals surface area contributed by atoms with E-state index in [0.29, 0.717) is 6.10 Å². The lowest BCUT2D eigenvalue weighted by Gasteiger charge is -2.27. The van der Waals surface area contributed by atoms with E-state index in [1.165, 1.54) is 58.2 Å². The Morgan fingerprint density at radius 1 is 1.12 bits per heavy atom. The molecular weight excluding hydrogens is 212 g/mol. The van der Waals surface area contributed by atoms with Crippen LogP contribution in [-0.2, 0) is 4.74 Å². The maximum absolute atomic E-state index is 5.52. The van der Waals surface area contributed by atoms with E-state index in [4.69, 9.17) is 4.74 Å². The van der Waals surface area contributed by atoms with Gasteiger partial charge in [0.2, 0.25) is 0 Å². The van der Waals surface area contributed by atoms with Crippen molar-refractivity contribution in [2.45, 2.75) is 51.6 Å². The van der Waals surface area contributed by atoms with Crippen LogP contribution in [0.1, 0.15) is 45.4 Å². The number of rotatable bonds is 9. The normalized spacial score (nSPS) is 19.4. The molecule has 1 rings (SSSR count). The molecule has 0 amide bonds. The Labute approximate surface area is 107 Å². The molecule has 0 aromatic carbocycles. The number of nitrogens with zero attached hydrogens (tertiary/aromatic N) is 1. The van der Waals surface area contributed by atoms with Gasteiger partial charge in [0.1, 0.15) is 0 Å². The highest BCUT2D eigenvalue weighted by Gasteiger charge is 2.10. The van der Waals surface area contributed by atoms with Crippen molar-refractivity contribution in [3.63, 3.8) is 0 Å². The lowest BCUT2D eigenvalue weighted by atomic mass is 10.1. The third kappa shape index (κ3) is 7.02. The minimum absolute atomic E-state index is 0.498. The van der Waals surface area contributed by atoms with E-state index in [2.05, 4.69) is 17.1 Å². The Morgan fingerprint density at radius 3 is 2.47 bits per heavy atom. The summed E-state index contributed by atoms with van der Waals surface area (Å²) in [6.07, 6.45) is 8.19. The minimum atomic E-state index is 0.498. The molecule has 0 radical (unpaired) electrons. The summed E-state index contributed by atoms with van der Waals surface area (Å²) in [7, 11) is 1.86.